The van der Waals surface area contributed by atoms with Crippen LogP contribution in [0.2, 0.25) is 0 Å². The molecule has 1 amide bonds. The van der Waals surface area contributed by atoms with Crippen LogP contribution in [0, 0.1) is 5.92 Å². The van der Waals surface area contributed by atoms with Gasteiger partial charge in [0.05, 0.1) is 12.9 Å². The molecule has 0 bridgehead atoms. The molecule has 1 heterocycles. The van der Waals surface area contributed by atoms with E-state index in [0.717, 1.165) is 19.1 Å². The van der Waals surface area contributed by atoms with E-state index in [2.05, 4.69) is 4.18 Å². The number of likely N-dealkylation sites (tertiary alicyclic amines) is 1. The zero-order valence-corrected chi connectivity index (χ0v) is 11.9. The zero-order valence-electron chi connectivity index (χ0n) is 11.0. The third kappa shape index (κ3) is 4.45. The summed E-state index contributed by atoms with van der Waals surface area (Å²) >= 11 is 0. The van der Waals surface area contributed by atoms with E-state index in [-0.39, 0.29) is 18.1 Å². The number of rotatable bonds is 5. The molecule has 7 heteroatoms. The van der Waals surface area contributed by atoms with Crippen molar-refractivity contribution in [2.24, 2.45) is 5.92 Å². The quantitative estimate of drug-likeness (QED) is 0.609. The van der Waals surface area contributed by atoms with Gasteiger partial charge in [0, 0.05) is 12.1 Å². The van der Waals surface area contributed by atoms with Crippen LogP contribution in [0.4, 0.5) is 4.79 Å². The van der Waals surface area contributed by atoms with Crippen LogP contribution >= 0.6 is 0 Å². The summed E-state index contributed by atoms with van der Waals surface area (Å²) in [7, 11) is -3.37. The number of hydrogen-bond acceptors (Lipinski definition) is 4. The van der Waals surface area contributed by atoms with Crippen LogP contribution in [0.25, 0.3) is 0 Å². The van der Waals surface area contributed by atoms with Crippen molar-refractivity contribution < 1.29 is 22.5 Å². The van der Waals surface area contributed by atoms with Crippen LogP contribution < -0.4 is 0 Å². The molecule has 0 saturated carbocycles. The third-order valence-corrected chi connectivity index (χ3v) is 3.84. The van der Waals surface area contributed by atoms with E-state index in [1.165, 1.54) is 4.90 Å². The van der Waals surface area contributed by atoms with Gasteiger partial charge in [-0.25, -0.2) is 4.79 Å². The van der Waals surface area contributed by atoms with Gasteiger partial charge in [-0.05, 0) is 39.0 Å². The fourth-order valence-corrected chi connectivity index (χ4v) is 2.92. The first kappa shape index (κ1) is 15.2. The molecule has 1 rings (SSSR count). The Labute approximate surface area is 108 Å². The lowest BCUT2D eigenvalue weighted by molar-refractivity contribution is 0.117. The molecule has 0 spiro atoms. The largest absolute Gasteiger partial charge is 0.465 e. The molecule has 1 saturated heterocycles. The normalized spacial score (nSPS) is 23.3. The first-order valence-corrected chi connectivity index (χ1v) is 7.78. The molecule has 0 aromatic carbocycles. The molecule has 0 aromatic heterocycles. The van der Waals surface area contributed by atoms with Crippen LogP contribution in [-0.4, -0.2) is 49.5 Å². The second-order valence-corrected chi connectivity index (χ2v) is 7.09. The Morgan fingerprint density at radius 1 is 1.50 bits per heavy atom. The molecular weight excluding hydrogens is 258 g/mol. The number of carbonyl (C=O) groups is 1. The average molecular weight is 279 g/mol. The fraction of sp³-hybridized carbons (Fsp3) is 0.909. The van der Waals surface area contributed by atoms with E-state index >= 15 is 0 Å². The van der Waals surface area contributed by atoms with Gasteiger partial charge < -0.3 is 10.0 Å². The molecule has 0 aliphatic carbocycles. The molecule has 1 unspecified atom stereocenters. The maximum atomic E-state index is 11.0. The molecule has 106 valence electrons. The summed E-state index contributed by atoms with van der Waals surface area (Å²) in [5, 5.41) is 9.07. The van der Waals surface area contributed by atoms with Crippen molar-refractivity contribution in [1.82, 2.24) is 4.90 Å². The average Bonchev–Trinajstić information content (AvgIpc) is 2.47. The van der Waals surface area contributed by atoms with Crippen molar-refractivity contribution in [2.75, 3.05) is 19.4 Å². The maximum Gasteiger partial charge on any atom is 0.407 e. The first-order chi connectivity index (χ1) is 8.12. The molecule has 1 fully saturated rings. The highest BCUT2D eigenvalue weighted by Gasteiger charge is 2.40. The van der Waals surface area contributed by atoms with Gasteiger partial charge in [0.1, 0.15) is 0 Å². The SMILES string of the molecule is CC1(C)CC(CCCOS(C)(=O)=O)CN1C(=O)O. The van der Waals surface area contributed by atoms with E-state index in [1.807, 2.05) is 13.8 Å². The molecule has 0 aromatic rings. The lowest BCUT2D eigenvalue weighted by atomic mass is 9.93. The van der Waals surface area contributed by atoms with E-state index < -0.39 is 16.2 Å². The summed E-state index contributed by atoms with van der Waals surface area (Å²) in [6.07, 6.45) is 2.34. The Balaban J connectivity index is 2.36. The van der Waals surface area contributed by atoms with E-state index in [4.69, 9.17) is 5.11 Å². The summed E-state index contributed by atoms with van der Waals surface area (Å²) in [4.78, 5) is 12.5. The van der Waals surface area contributed by atoms with Crippen LogP contribution in [0.1, 0.15) is 33.1 Å². The topological polar surface area (TPSA) is 83.9 Å². The fourth-order valence-electron chi connectivity index (χ4n) is 2.50. The van der Waals surface area contributed by atoms with Crippen LogP contribution in [0.5, 0.6) is 0 Å². The Bertz CT molecular complexity index is 404. The van der Waals surface area contributed by atoms with Crippen LogP contribution in [0.3, 0.4) is 0 Å². The third-order valence-electron chi connectivity index (χ3n) is 3.24. The Morgan fingerprint density at radius 3 is 2.56 bits per heavy atom. The van der Waals surface area contributed by atoms with Crippen molar-refractivity contribution in [3.8, 4) is 0 Å². The Hall–Kier alpha value is -0.820. The highest BCUT2D eigenvalue weighted by Crippen LogP contribution is 2.34. The number of nitrogens with zero attached hydrogens (tertiary/aromatic N) is 1. The molecule has 1 atom stereocenters. The van der Waals surface area contributed by atoms with E-state index in [0.29, 0.717) is 13.0 Å². The summed E-state index contributed by atoms with van der Waals surface area (Å²) < 4.78 is 26.2. The smallest absolute Gasteiger partial charge is 0.407 e. The number of amides is 1. The van der Waals surface area contributed by atoms with Crippen molar-refractivity contribution >= 4 is 16.2 Å². The zero-order chi connectivity index (χ0) is 14.0. The minimum Gasteiger partial charge on any atom is -0.465 e. The minimum absolute atomic E-state index is 0.169. The monoisotopic (exact) mass is 279 g/mol. The molecule has 1 aliphatic heterocycles. The molecular formula is C11H21NO5S. The minimum atomic E-state index is -3.37. The lowest BCUT2D eigenvalue weighted by Gasteiger charge is -2.28. The van der Waals surface area contributed by atoms with Gasteiger partial charge in [-0.15, -0.1) is 0 Å². The van der Waals surface area contributed by atoms with Crippen molar-refractivity contribution in [2.45, 2.75) is 38.6 Å². The van der Waals surface area contributed by atoms with Gasteiger partial charge in [-0.2, -0.15) is 8.42 Å². The Kier molecular flexibility index (Phi) is 4.61. The first-order valence-electron chi connectivity index (χ1n) is 5.97. The van der Waals surface area contributed by atoms with Crippen molar-refractivity contribution in [1.29, 1.82) is 0 Å². The highest BCUT2D eigenvalue weighted by atomic mass is 32.2. The van der Waals surface area contributed by atoms with E-state index in [1.54, 1.807) is 0 Å². The Morgan fingerprint density at radius 2 is 2.11 bits per heavy atom. The lowest BCUT2D eigenvalue weighted by Crippen LogP contribution is -2.41. The second kappa shape index (κ2) is 5.44. The summed E-state index contributed by atoms with van der Waals surface area (Å²) in [6.45, 7) is 4.51. The number of hydrogen-bond donors (Lipinski definition) is 1. The molecule has 1 aliphatic rings. The van der Waals surface area contributed by atoms with Gasteiger partial charge in [0.25, 0.3) is 10.1 Å². The predicted octanol–water partition coefficient (Wildman–Crippen LogP) is 1.52. The van der Waals surface area contributed by atoms with Gasteiger partial charge in [-0.1, -0.05) is 0 Å². The summed E-state index contributed by atoms with van der Waals surface area (Å²) in [5.41, 5.74) is -0.339. The van der Waals surface area contributed by atoms with Gasteiger partial charge in [0.2, 0.25) is 0 Å². The highest BCUT2D eigenvalue weighted by molar-refractivity contribution is 7.85. The second-order valence-electron chi connectivity index (χ2n) is 5.44. The van der Waals surface area contributed by atoms with Gasteiger partial charge >= 0.3 is 6.09 Å². The van der Waals surface area contributed by atoms with Crippen molar-refractivity contribution in [3.63, 3.8) is 0 Å². The van der Waals surface area contributed by atoms with E-state index in [9.17, 15) is 13.2 Å². The van der Waals surface area contributed by atoms with Gasteiger partial charge in [0.15, 0.2) is 0 Å². The molecule has 6 nitrogen and oxygen atoms in total. The molecule has 1 N–H and O–H groups in total. The summed E-state index contributed by atoms with van der Waals surface area (Å²) in [6, 6.07) is 0. The van der Waals surface area contributed by atoms with Crippen LogP contribution in [0.15, 0.2) is 0 Å². The van der Waals surface area contributed by atoms with Crippen molar-refractivity contribution in [3.05, 3.63) is 0 Å². The molecule has 18 heavy (non-hydrogen) atoms. The summed E-state index contributed by atoms with van der Waals surface area (Å²) in [5.74, 6) is 0.277. The standard InChI is InChI=1S/C11H21NO5S/c1-11(2)7-9(8-12(11)10(13)14)5-4-6-17-18(3,15)16/h9H,4-8H2,1-3H3,(H,13,14). The van der Waals surface area contributed by atoms with Gasteiger partial charge in [-0.3, -0.25) is 4.18 Å². The maximum absolute atomic E-state index is 11.0. The number of carboxylic acid groups (broad SMARTS) is 1. The molecule has 0 radical (unpaired) electrons. The van der Waals surface area contributed by atoms with Crippen LogP contribution in [-0.2, 0) is 14.3 Å². The predicted molar refractivity (Wildman–Crippen MR) is 66.9 cm³/mol.